The van der Waals surface area contributed by atoms with Gasteiger partial charge in [-0.15, -0.1) is 0 Å². The molecule has 1 fully saturated rings. The van der Waals surface area contributed by atoms with Crippen molar-refractivity contribution in [3.05, 3.63) is 40.9 Å². The van der Waals surface area contributed by atoms with Crippen molar-refractivity contribution < 1.29 is 18.3 Å². The number of hydrogen-bond acceptors (Lipinski definition) is 7. The average molecular weight is 628 g/mol. The van der Waals surface area contributed by atoms with E-state index in [0.29, 0.717) is 21.7 Å². The number of nitrogens with one attached hydrogen (secondary N) is 1. The van der Waals surface area contributed by atoms with E-state index in [1.54, 1.807) is 0 Å². The summed E-state index contributed by atoms with van der Waals surface area (Å²) in [6.07, 6.45) is 1.28. The molecule has 2 aromatic rings. The summed E-state index contributed by atoms with van der Waals surface area (Å²) < 4.78 is 24.5. The molecule has 11 heteroatoms. The minimum atomic E-state index is -0.665. The van der Waals surface area contributed by atoms with Crippen LogP contribution in [0.2, 0.25) is 23.3 Å². The molecular weight excluding hydrogens is 581 g/mol. The Kier molecular flexibility index (Phi) is 11.9. The predicted octanol–water partition coefficient (Wildman–Crippen LogP) is 6.24. The quantitative estimate of drug-likeness (QED) is 0.170. The summed E-state index contributed by atoms with van der Waals surface area (Å²) >= 11 is 13.2. The number of anilines is 1. The van der Waals surface area contributed by atoms with Gasteiger partial charge in [0.1, 0.15) is 29.1 Å². The van der Waals surface area contributed by atoms with Gasteiger partial charge in [0.25, 0.3) is 0 Å². The third-order valence-corrected chi connectivity index (χ3v) is 9.32. The second-order valence-corrected chi connectivity index (χ2v) is 14.7. The molecule has 7 nitrogen and oxygen atoms in total. The minimum Gasteiger partial charge on any atom is -0.489 e. The van der Waals surface area contributed by atoms with Crippen molar-refractivity contribution in [2.45, 2.75) is 85.9 Å². The standard InChI is InChI=1S/C29H46Cl2N3O4Si2/c1-17-24(31)33-26(34-25(17)32-21-10-12-35-13-11-21)19-14-20(30)16-22(15-19)36-23(28(3,4)5)18(2)29(6,7)27(37-39-8)38-40-9/h14-16,18,21,23,27H,2,10-13,39-40H2,1,3-9H3,(H,32,33,34). The van der Waals surface area contributed by atoms with Crippen molar-refractivity contribution in [1.29, 1.82) is 0 Å². The van der Waals surface area contributed by atoms with Gasteiger partial charge in [-0.3, -0.25) is 0 Å². The lowest BCUT2D eigenvalue weighted by Crippen LogP contribution is -2.50. The van der Waals surface area contributed by atoms with Crippen LogP contribution in [0.5, 0.6) is 5.75 Å². The zero-order valence-corrected chi connectivity index (χ0v) is 29.6. The summed E-state index contributed by atoms with van der Waals surface area (Å²) in [5, 5.41) is 4.47. The van der Waals surface area contributed by atoms with Crippen LogP contribution in [0.25, 0.3) is 11.4 Å². The van der Waals surface area contributed by atoms with E-state index >= 15 is 0 Å². The Morgan fingerprint density at radius 1 is 1.02 bits per heavy atom. The van der Waals surface area contributed by atoms with E-state index in [9.17, 15) is 0 Å². The second-order valence-electron chi connectivity index (χ2n) is 12.1. The number of rotatable bonds is 12. The number of ether oxygens (including phenoxy) is 2. The molecule has 1 aromatic carbocycles. The summed E-state index contributed by atoms with van der Waals surface area (Å²) in [4.78, 5) is 9.43. The van der Waals surface area contributed by atoms with Crippen molar-refractivity contribution in [2.75, 3.05) is 18.5 Å². The Labute approximate surface area is 255 Å². The Morgan fingerprint density at radius 2 is 1.65 bits per heavy atom. The first-order chi connectivity index (χ1) is 18.8. The highest BCUT2D eigenvalue weighted by Crippen LogP contribution is 2.42. The van der Waals surface area contributed by atoms with Crippen LogP contribution in [-0.2, 0) is 13.6 Å². The molecule has 40 heavy (non-hydrogen) atoms. The fourth-order valence-corrected chi connectivity index (χ4v) is 7.15. The lowest BCUT2D eigenvalue weighted by molar-refractivity contribution is -0.125. The molecule has 2 heterocycles. The largest absolute Gasteiger partial charge is 0.489 e. The number of hydrogen-bond donors (Lipinski definition) is 1. The van der Waals surface area contributed by atoms with Crippen LogP contribution in [0.3, 0.4) is 0 Å². The molecule has 3 rings (SSSR count). The Balaban J connectivity index is 1.95. The summed E-state index contributed by atoms with van der Waals surface area (Å²) in [5.41, 5.74) is 0.943. The first-order valence-electron chi connectivity index (χ1n) is 14.2. The van der Waals surface area contributed by atoms with E-state index in [1.165, 1.54) is 0 Å². The van der Waals surface area contributed by atoms with Crippen LogP contribution >= 0.6 is 23.2 Å². The molecule has 0 bridgehead atoms. The van der Waals surface area contributed by atoms with Crippen LogP contribution in [0.4, 0.5) is 5.82 Å². The zero-order valence-electron chi connectivity index (χ0n) is 25.3. The van der Waals surface area contributed by atoms with E-state index in [-0.39, 0.29) is 35.2 Å². The predicted molar refractivity (Wildman–Crippen MR) is 171 cm³/mol. The fourth-order valence-electron chi connectivity index (χ4n) is 4.91. The first kappa shape index (κ1) is 33.3. The molecule has 1 aromatic heterocycles. The second kappa shape index (κ2) is 14.3. The SMILES string of the molecule is [CH2]C(C(Oc1cc(Cl)cc(-c2nc(Cl)c(C)c(NC3CCOCC3)n2)c1)C(C)(C)C)C(C)(C)C(O[SiH2]C)O[SiH2]C. The lowest BCUT2D eigenvalue weighted by Gasteiger charge is -2.46. The van der Waals surface area contributed by atoms with Crippen LogP contribution in [0.1, 0.15) is 53.0 Å². The Hall–Kier alpha value is -1.21. The molecule has 1 saturated heterocycles. The third-order valence-electron chi connectivity index (χ3n) is 7.46. The first-order valence-corrected chi connectivity index (χ1v) is 18.9. The van der Waals surface area contributed by atoms with Gasteiger partial charge in [-0.05, 0) is 50.3 Å². The van der Waals surface area contributed by atoms with Gasteiger partial charge in [0, 0.05) is 46.7 Å². The Bertz CT molecular complexity index is 1120. The molecule has 223 valence electrons. The van der Waals surface area contributed by atoms with Gasteiger partial charge < -0.3 is 23.6 Å². The summed E-state index contributed by atoms with van der Waals surface area (Å²) in [7, 11) is -1.33. The van der Waals surface area contributed by atoms with Crippen molar-refractivity contribution in [3.63, 3.8) is 0 Å². The van der Waals surface area contributed by atoms with E-state index in [0.717, 1.165) is 43.0 Å². The highest BCUT2D eigenvalue weighted by molar-refractivity contribution is 6.31. The van der Waals surface area contributed by atoms with E-state index in [2.05, 4.69) is 64.9 Å². The molecule has 0 spiro atoms. The number of benzene rings is 1. The van der Waals surface area contributed by atoms with Crippen LogP contribution in [-0.4, -0.2) is 61.1 Å². The van der Waals surface area contributed by atoms with Crippen molar-refractivity contribution in [1.82, 2.24) is 9.97 Å². The topological polar surface area (TPSA) is 74.7 Å². The van der Waals surface area contributed by atoms with Gasteiger partial charge in [-0.1, -0.05) is 70.9 Å². The van der Waals surface area contributed by atoms with Gasteiger partial charge in [-0.2, -0.15) is 0 Å². The van der Waals surface area contributed by atoms with Crippen LogP contribution in [0, 0.1) is 30.6 Å². The highest BCUT2D eigenvalue weighted by Gasteiger charge is 2.45. The molecule has 1 aliphatic rings. The number of halogens is 2. The fraction of sp³-hybridized carbons (Fsp3) is 0.621. The number of aromatic nitrogens is 2. The van der Waals surface area contributed by atoms with Gasteiger partial charge in [0.05, 0.1) is 0 Å². The molecule has 1 aliphatic heterocycles. The van der Waals surface area contributed by atoms with Gasteiger partial charge in [-0.25, -0.2) is 9.97 Å². The van der Waals surface area contributed by atoms with Crippen molar-refractivity contribution in [3.8, 4) is 17.1 Å². The van der Waals surface area contributed by atoms with Crippen molar-refractivity contribution >= 4 is 48.5 Å². The zero-order chi connectivity index (χ0) is 29.7. The summed E-state index contributed by atoms with van der Waals surface area (Å²) in [6.45, 7) is 23.0. The van der Waals surface area contributed by atoms with Gasteiger partial charge in [0.2, 0.25) is 0 Å². The molecule has 2 unspecified atom stereocenters. The third kappa shape index (κ3) is 8.43. The smallest absolute Gasteiger partial charge is 0.163 e. The molecule has 0 amide bonds. The molecule has 1 radical (unpaired) electrons. The molecular formula is C29H46Cl2N3O4Si2. The molecule has 2 atom stereocenters. The monoisotopic (exact) mass is 626 g/mol. The van der Waals surface area contributed by atoms with E-state index in [4.69, 9.17) is 46.5 Å². The van der Waals surface area contributed by atoms with Crippen LogP contribution in [0.15, 0.2) is 18.2 Å². The average Bonchev–Trinajstić information content (AvgIpc) is 2.89. The summed E-state index contributed by atoms with van der Waals surface area (Å²) in [5.74, 6) is 1.70. The van der Waals surface area contributed by atoms with Crippen molar-refractivity contribution in [2.24, 2.45) is 16.7 Å². The summed E-state index contributed by atoms with van der Waals surface area (Å²) in [6, 6.07) is 5.85. The lowest BCUT2D eigenvalue weighted by atomic mass is 9.69. The maximum atomic E-state index is 6.73. The maximum absolute atomic E-state index is 6.73. The normalized spacial score (nSPS) is 18.0. The maximum Gasteiger partial charge on any atom is 0.163 e. The van der Waals surface area contributed by atoms with Gasteiger partial charge >= 0.3 is 0 Å². The number of nitrogens with zero attached hydrogens (tertiary/aromatic N) is 2. The van der Waals surface area contributed by atoms with E-state index in [1.807, 2.05) is 25.1 Å². The molecule has 1 N–H and O–H groups in total. The van der Waals surface area contributed by atoms with E-state index < -0.39 is 19.5 Å². The highest BCUT2D eigenvalue weighted by atomic mass is 35.5. The van der Waals surface area contributed by atoms with Crippen LogP contribution < -0.4 is 10.1 Å². The molecule has 0 saturated carbocycles. The minimum absolute atomic E-state index is 0.138. The Morgan fingerprint density at radius 3 is 2.23 bits per heavy atom. The van der Waals surface area contributed by atoms with Gasteiger partial charge in [0.15, 0.2) is 25.4 Å². The molecule has 0 aliphatic carbocycles.